The van der Waals surface area contributed by atoms with Gasteiger partial charge in [0.15, 0.2) is 0 Å². The molecule has 36 heavy (non-hydrogen) atoms. The Morgan fingerprint density at radius 2 is 1.86 bits per heavy atom. The fourth-order valence-corrected chi connectivity index (χ4v) is 4.85. The lowest BCUT2D eigenvalue weighted by Crippen LogP contribution is -2.04. The molecule has 0 aliphatic rings. The van der Waals surface area contributed by atoms with Crippen LogP contribution in [0.4, 0.5) is 4.39 Å². The van der Waals surface area contributed by atoms with E-state index in [4.69, 9.17) is 4.74 Å². The molecule has 5 rings (SSSR count). The molecule has 0 radical (unpaired) electrons. The van der Waals surface area contributed by atoms with Crippen LogP contribution in [0, 0.1) is 12.7 Å². The summed E-state index contributed by atoms with van der Waals surface area (Å²) in [5.74, 6) is -0.858. The normalized spacial score (nSPS) is 11.4. The zero-order chi connectivity index (χ0) is 25.4. The molecule has 0 aliphatic carbocycles. The first-order valence-electron chi connectivity index (χ1n) is 11.7. The van der Waals surface area contributed by atoms with Crippen LogP contribution in [-0.4, -0.2) is 37.6 Å². The van der Waals surface area contributed by atoms with Gasteiger partial charge in [-0.05, 0) is 48.9 Å². The lowest BCUT2D eigenvalue weighted by atomic mass is 9.98. The predicted molar refractivity (Wildman–Crippen MR) is 136 cm³/mol. The molecule has 0 unspecified atom stereocenters. The number of aromatic carboxylic acids is 1. The lowest BCUT2D eigenvalue weighted by Gasteiger charge is -2.10. The highest BCUT2D eigenvalue weighted by molar-refractivity contribution is 6.03. The zero-order valence-corrected chi connectivity index (χ0v) is 20.0. The minimum Gasteiger partial charge on any atom is -0.493 e. The Hall–Kier alpha value is -4.17. The van der Waals surface area contributed by atoms with E-state index in [0.29, 0.717) is 52.9 Å². The number of aliphatic hydroxyl groups is 1. The average Bonchev–Trinajstić information content (AvgIpc) is 3.39. The number of carboxylic acid groups (broad SMARTS) is 1. The predicted octanol–water partition coefficient (Wildman–Crippen LogP) is 5.37. The van der Waals surface area contributed by atoms with Gasteiger partial charge in [0.1, 0.15) is 17.3 Å². The summed E-state index contributed by atoms with van der Waals surface area (Å²) >= 11 is 0. The van der Waals surface area contributed by atoms with E-state index in [1.54, 1.807) is 24.7 Å². The van der Waals surface area contributed by atoms with Gasteiger partial charge < -0.3 is 19.9 Å². The van der Waals surface area contributed by atoms with E-state index in [0.717, 1.165) is 16.5 Å². The van der Waals surface area contributed by atoms with Crippen molar-refractivity contribution in [1.82, 2.24) is 14.8 Å². The fourth-order valence-electron chi connectivity index (χ4n) is 4.85. The number of halogens is 1. The molecule has 0 aliphatic heterocycles. The van der Waals surface area contributed by atoms with Gasteiger partial charge in [-0.25, -0.2) is 9.18 Å². The van der Waals surface area contributed by atoms with Crippen molar-refractivity contribution >= 4 is 27.6 Å². The highest BCUT2D eigenvalue weighted by Gasteiger charge is 2.25. The molecule has 3 aromatic carbocycles. The first-order valence-corrected chi connectivity index (χ1v) is 11.7. The fraction of sp³-hybridized carbons (Fsp3) is 0.214. The SMILES string of the molecule is Cc1c(-c2c(F)ccc3c(CCCOc4cccc5ccccc45)c(C(=O)O)[nH]c23)c(CO)nn1C. The van der Waals surface area contributed by atoms with E-state index < -0.39 is 11.8 Å². The Morgan fingerprint density at radius 3 is 2.64 bits per heavy atom. The van der Waals surface area contributed by atoms with E-state index in [9.17, 15) is 15.0 Å². The van der Waals surface area contributed by atoms with Crippen molar-refractivity contribution in [3.8, 4) is 16.9 Å². The maximum Gasteiger partial charge on any atom is 0.352 e. The number of nitrogens with zero attached hydrogens (tertiary/aromatic N) is 2. The largest absolute Gasteiger partial charge is 0.493 e. The standard InChI is InChI=1S/C28H26FN3O4/c1-16-24(22(15-33)31-32(16)2)25-21(29)13-12-20-19(27(28(34)35)30-26(20)25)10-6-14-36-23-11-5-8-17-7-3-4-9-18(17)23/h3-5,7-9,11-13,30,33H,6,10,14-15H2,1-2H3,(H,34,35). The van der Waals surface area contributed by atoms with Crippen LogP contribution in [0.3, 0.4) is 0 Å². The summed E-state index contributed by atoms with van der Waals surface area (Å²) in [4.78, 5) is 15.0. The average molecular weight is 488 g/mol. The van der Waals surface area contributed by atoms with E-state index >= 15 is 4.39 Å². The molecule has 0 saturated heterocycles. The van der Waals surface area contributed by atoms with Gasteiger partial charge in [-0.1, -0.05) is 36.4 Å². The van der Waals surface area contributed by atoms with Crippen molar-refractivity contribution in [2.45, 2.75) is 26.4 Å². The molecule has 0 atom stereocenters. The van der Waals surface area contributed by atoms with Crippen LogP contribution in [0.25, 0.3) is 32.8 Å². The Kier molecular flexibility index (Phi) is 6.20. The molecule has 2 heterocycles. The molecule has 2 aromatic heterocycles. The highest BCUT2D eigenvalue weighted by Crippen LogP contribution is 2.38. The quantitative estimate of drug-likeness (QED) is 0.256. The van der Waals surface area contributed by atoms with Gasteiger partial charge in [0.25, 0.3) is 0 Å². The molecule has 0 bridgehead atoms. The number of carboxylic acids is 1. The summed E-state index contributed by atoms with van der Waals surface area (Å²) in [6.45, 7) is 1.81. The molecule has 3 N–H and O–H groups in total. The molecule has 0 spiro atoms. The number of fused-ring (bicyclic) bond motifs is 2. The van der Waals surface area contributed by atoms with Crippen molar-refractivity contribution in [3.05, 3.63) is 83.1 Å². The molecule has 5 aromatic rings. The monoisotopic (exact) mass is 487 g/mol. The topological polar surface area (TPSA) is 100 Å². The molecule has 8 heteroatoms. The summed E-state index contributed by atoms with van der Waals surface area (Å²) in [5, 5.41) is 26.7. The summed E-state index contributed by atoms with van der Waals surface area (Å²) < 4.78 is 22.8. The second kappa shape index (κ2) is 9.47. The van der Waals surface area contributed by atoms with Gasteiger partial charge in [0, 0.05) is 34.6 Å². The number of hydrogen-bond acceptors (Lipinski definition) is 4. The number of aryl methyl sites for hydroxylation is 2. The third-order valence-corrected chi connectivity index (χ3v) is 6.63. The number of aliphatic hydroxyl groups excluding tert-OH is 1. The van der Waals surface area contributed by atoms with E-state index in [-0.39, 0.29) is 17.9 Å². The molecule has 0 amide bonds. The molecular weight excluding hydrogens is 461 g/mol. The molecule has 0 saturated carbocycles. The van der Waals surface area contributed by atoms with E-state index in [2.05, 4.69) is 10.1 Å². The van der Waals surface area contributed by atoms with Crippen LogP contribution in [0.15, 0.2) is 54.6 Å². The molecule has 0 fully saturated rings. The van der Waals surface area contributed by atoms with Crippen molar-refractivity contribution in [3.63, 3.8) is 0 Å². The van der Waals surface area contributed by atoms with Crippen molar-refractivity contribution < 1.29 is 24.1 Å². The zero-order valence-electron chi connectivity index (χ0n) is 20.0. The van der Waals surface area contributed by atoms with E-state index in [1.165, 1.54) is 6.07 Å². The number of aromatic amines is 1. The van der Waals surface area contributed by atoms with Crippen molar-refractivity contribution in [1.29, 1.82) is 0 Å². The Bertz CT molecular complexity index is 1600. The van der Waals surface area contributed by atoms with E-state index in [1.807, 2.05) is 42.5 Å². The number of rotatable bonds is 8. The van der Waals surface area contributed by atoms with Crippen LogP contribution in [-0.2, 0) is 20.1 Å². The molecular formula is C28H26FN3O4. The van der Waals surface area contributed by atoms with Gasteiger partial charge in [0.05, 0.1) is 24.4 Å². The molecule has 184 valence electrons. The number of nitrogens with one attached hydrogen (secondary N) is 1. The van der Waals surface area contributed by atoms with Crippen molar-refractivity contribution in [2.24, 2.45) is 7.05 Å². The number of ether oxygens (including phenoxy) is 1. The first-order chi connectivity index (χ1) is 17.4. The maximum absolute atomic E-state index is 15.2. The van der Waals surface area contributed by atoms with Crippen molar-refractivity contribution in [2.75, 3.05) is 6.61 Å². The number of carbonyl (C=O) groups is 1. The first kappa shape index (κ1) is 23.6. The van der Waals surface area contributed by atoms with Gasteiger partial charge in [-0.2, -0.15) is 5.10 Å². The highest BCUT2D eigenvalue weighted by atomic mass is 19.1. The van der Waals surface area contributed by atoms with Gasteiger partial charge in [-0.3, -0.25) is 4.68 Å². The summed E-state index contributed by atoms with van der Waals surface area (Å²) in [6.07, 6.45) is 0.993. The second-order valence-electron chi connectivity index (χ2n) is 8.75. The minimum absolute atomic E-state index is 0.0223. The third-order valence-electron chi connectivity index (χ3n) is 6.63. The van der Waals surface area contributed by atoms with Crippen LogP contribution in [0.1, 0.15) is 33.9 Å². The third kappa shape index (κ3) is 3.99. The summed E-state index contributed by atoms with van der Waals surface area (Å²) in [6, 6.07) is 16.8. The van der Waals surface area contributed by atoms with Gasteiger partial charge in [-0.15, -0.1) is 0 Å². The summed E-state index contributed by atoms with van der Waals surface area (Å²) in [5.41, 5.74) is 2.67. The van der Waals surface area contributed by atoms with Gasteiger partial charge in [0.2, 0.25) is 0 Å². The Labute approximate surface area is 206 Å². The van der Waals surface area contributed by atoms with Gasteiger partial charge >= 0.3 is 5.97 Å². The smallest absolute Gasteiger partial charge is 0.352 e. The molecule has 7 nitrogen and oxygen atoms in total. The second-order valence-corrected chi connectivity index (χ2v) is 8.75. The number of hydrogen-bond donors (Lipinski definition) is 3. The van der Waals surface area contributed by atoms with Crippen LogP contribution in [0.5, 0.6) is 5.75 Å². The number of aromatic nitrogens is 3. The summed E-state index contributed by atoms with van der Waals surface area (Å²) in [7, 11) is 1.72. The Balaban J connectivity index is 1.48. The van der Waals surface area contributed by atoms with Crippen LogP contribution in [0.2, 0.25) is 0 Å². The number of benzene rings is 3. The maximum atomic E-state index is 15.2. The van der Waals surface area contributed by atoms with Crippen LogP contribution < -0.4 is 4.74 Å². The lowest BCUT2D eigenvalue weighted by molar-refractivity contribution is 0.0690. The minimum atomic E-state index is -1.12. The number of H-pyrrole nitrogens is 1. The van der Waals surface area contributed by atoms with Crippen LogP contribution >= 0.6 is 0 Å². The Morgan fingerprint density at radius 1 is 1.08 bits per heavy atom.